The van der Waals surface area contributed by atoms with Crippen molar-refractivity contribution in [2.45, 2.75) is 18.1 Å². The largest absolute Gasteiger partial charge is 0.395 e. The van der Waals surface area contributed by atoms with E-state index >= 15 is 0 Å². The van der Waals surface area contributed by atoms with Crippen LogP contribution in [0, 0.1) is 0 Å². The molecule has 0 aliphatic heterocycles. The van der Waals surface area contributed by atoms with Crippen molar-refractivity contribution in [1.82, 2.24) is 19.3 Å². The Morgan fingerprint density at radius 1 is 1.17 bits per heavy atom. The Labute approximate surface area is 206 Å². The van der Waals surface area contributed by atoms with E-state index in [9.17, 15) is 13.2 Å². The van der Waals surface area contributed by atoms with Crippen LogP contribution in [0.5, 0.6) is 0 Å². The lowest BCUT2D eigenvalue weighted by atomic mass is 10.1. The first kappa shape index (κ1) is 26.3. The number of nitrogens with one attached hydrogen (secondary N) is 1. The first-order chi connectivity index (χ1) is 16.8. The molecule has 3 aromatic rings. The van der Waals surface area contributed by atoms with Gasteiger partial charge in [0.1, 0.15) is 0 Å². The summed E-state index contributed by atoms with van der Waals surface area (Å²) in [6, 6.07) is 7.24. The van der Waals surface area contributed by atoms with Gasteiger partial charge in [0.25, 0.3) is 5.91 Å². The van der Waals surface area contributed by atoms with Gasteiger partial charge in [-0.1, -0.05) is 28.6 Å². The van der Waals surface area contributed by atoms with Gasteiger partial charge in [-0.25, -0.2) is 23.4 Å². The zero-order valence-electron chi connectivity index (χ0n) is 19.0. The van der Waals surface area contributed by atoms with E-state index in [1.807, 2.05) is 0 Å². The highest BCUT2D eigenvalue weighted by Crippen LogP contribution is 2.20. The van der Waals surface area contributed by atoms with Crippen LogP contribution in [0.3, 0.4) is 0 Å². The number of likely N-dealkylation sites (N-methyl/N-ethyl adjacent to an activating group) is 1. The SMILES string of the molecule is COCc1cnc(NC(=O)/C(=N/OCc2ncccn2)c2ccc(S(=O)(=O)N(C)CCO)cc2)s1. The van der Waals surface area contributed by atoms with E-state index < -0.39 is 15.9 Å². The van der Waals surface area contributed by atoms with Gasteiger partial charge >= 0.3 is 0 Å². The minimum absolute atomic E-state index is 0.000284. The van der Waals surface area contributed by atoms with Crippen LogP contribution in [-0.4, -0.2) is 71.7 Å². The Kier molecular flexibility index (Phi) is 9.33. The predicted octanol–water partition coefficient (Wildman–Crippen LogP) is 1.25. The molecule has 0 fully saturated rings. The van der Waals surface area contributed by atoms with Crippen molar-refractivity contribution in [1.29, 1.82) is 0 Å². The summed E-state index contributed by atoms with van der Waals surface area (Å²) in [5, 5.41) is 16.0. The molecule has 1 amide bonds. The second-order valence-corrected chi connectivity index (χ2v) is 10.1. The molecule has 0 saturated heterocycles. The zero-order valence-corrected chi connectivity index (χ0v) is 20.6. The number of carbonyl (C=O) groups excluding carboxylic acids is 1. The molecule has 0 aliphatic carbocycles. The molecule has 12 nitrogen and oxygen atoms in total. The Morgan fingerprint density at radius 2 is 1.89 bits per heavy atom. The summed E-state index contributed by atoms with van der Waals surface area (Å²) in [6.07, 6.45) is 4.69. The van der Waals surface area contributed by atoms with Crippen LogP contribution in [0.4, 0.5) is 5.13 Å². The maximum atomic E-state index is 13.0. The lowest BCUT2D eigenvalue weighted by Crippen LogP contribution is -2.29. The van der Waals surface area contributed by atoms with Gasteiger partial charge in [0, 0.05) is 44.9 Å². The fourth-order valence-corrected chi connectivity index (χ4v) is 4.68. The molecule has 0 saturated carbocycles. The third-order valence-corrected chi connectivity index (χ3v) is 7.25. The quantitative estimate of drug-likeness (QED) is 0.265. The molecule has 2 aromatic heterocycles. The second-order valence-electron chi connectivity index (χ2n) is 6.97. The number of thiazole rings is 1. The number of hydrogen-bond donors (Lipinski definition) is 2. The standard InChI is InChI=1S/C21H24N6O6S2/c1-27(10-11-28)35(30,31)17-6-4-15(5-7-17)19(26-33-14-18-22-8-3-9-23-18)20(29)25-21-24-12-16(34-21)13-32-2/h3-9,12,28H,10-11,13-14H2,1-2H3,(H,24,25,29)/b26-19+. The van der Waals surface area contributed by atoms with Crippen LogP contribution in [0.2, 0.25) is 0 Å². The van der Waals surface area contributed by atoms with E-state index in [0.717, 1.165) is 9.18 Å². The van der Waals surface area contributed by atoms with Gasteiger partial charge in [-0.2, -0.15) is 4.31 Å². The Morgan fingerprint density at radius 3 is 2.54 bits per heavy atom. The van der Waals surface area contributed by atoms with E-state index in [0.29, 0.717) is 23.1 Å². The van der Waals surface area contributed by atoms with E-state index in [2.05, 4.69) is 25.4 Å². The molecule has 0 spiro atoms. The lowest BCUT2D eigenvalue weighted by molar-refractivity contribution is -0.110. The molecule has 0 radical (unpaired) electrons. The summed E-state index contributed by atoms with van der Waals surface area (Å²) < 4.78 is 31.3. The predicted molar refractivity (Wildman–Crippen MR) is 128 cm³/mol. The van der Waals surface area contributed by atoms with Gasteiger partial charge in [-0.3, -0.25) is 10.1 Å². The third-order valence-electron chi connectivity index (χ3n) is 4.50. The van der Waals surface area contributed by atoms with Crippen LogP contribution < -0.4 is 5.32 Å². The lowest BCUT2D eigenvalue weighted by Gasteiger charge is -2.16. The summed E-state index contributed by atoms with van der Waals surface area (Å²) in [5.74, 6) is -0.237. The van der Waals surface area contributed by atoms with Crippen molar-refractivity contribution in [3.05, 3.63) is 65.2 Å². The highest BCUT2D eigenvalue weighted by Gasteiger charge is 2.22. The molecule has 1 aromatic carbocycles. The van der Waals surface area contributed by atoms with Gasteiger partial charge in [0.05, 0.1) is 23.0 Å². The summed E-state index contributed by atoms with van der Waals surface area (Å²) >= 11 is 1.24. The normalized spacial score (nSPS) is 12.1. The number of methoxy groups -OCH3 is 1. The number of nitrogens with zero attached hydrogens (tertiary/aromatic N) is 5. The number of rotatable bonds is 12. The van der Waals surface area contributed by atoms with E-state index in [1.165, 1.54) is 42.6 Å². The number of hydrogen-bond acceptors (Lipinski definition) is 11. The first-order valence-electron chi connectivity index (χ1n) is 10.2. The van der Waals surface area contributed by atoms with Crippen molar-refractivity contribution in [3.8, 4) is 0 Å². The molecule has 0 bridgehead atoms. The molecule has 0 unspecified atom stereocenters. The van der Waals surface area contributed by atoms with E-state index in [-0.39, 0.29) is 30.4 Å². The number of ether oxygens (including phenoxy) is 1. The second kappa shape index (κ2) is 12.4. The average molecular weight is 521 g/mol. The molecule has 0 aliphatic rings. The smallest absolute Gasteiger partial charge is 0.280 e. The molecule has 0 atom stereocenters. The maximum absolute atomic E-state index is 13.0. The van der Waals surface area contributed by atoms with Crippen LogP contribution in [0.1, 0.15) is 16.3 Å². The average Bonchev–Trinajstić information content (AvgIpc) is 3.29. The van der Waals surface area contributed by atoms with Crippen molar-refractivity contribution in [2.24, 2.45) is 5.16 Å². The third kappa shape index (κ3) is 7.10. The molecule has 186 valence electrons. The van der Waals surface area contributed by atoms with E-state index in [4.69, 9.17) is 14.7 Å². The number of sulfonamides is 1. The highest BCUT2D eigenvalue weighted by atomic mass is 32.2. The molecule has 2 heterocycles. The molecule has 3 rings (SSSR count). The molecular formula is C21H24N6O6S2. The van der Waals surface area contributed by atoms with Crippen molar-refractivity contribution in [2.75, 3.05) is 32.6 Å². The van der Waals surface area contributed by atoms with Gasteiger partial charge in [-0.15, -0.1) is 0 Å². The maximum Gasteiger partial charge on any atom is 0.280 e. The fraction of sp³-hybridized carbons (Fsp3) is 0.286. The van der Waals surface area contributed by atoms with Gasteiger partial charge in [0.15, 0.2) is 23.3 Å². The number of aliphatic hydroxyl groups is 1. The number of anilines is 1. The molecule has 14 heteroatoms. The van der Waals surface area contributed by atoms with Crippen LogP contribution >= 0.6 is 11.3 Å². The first-order valence-corrected chi connectivity index (χ1v) is 12.5. The molecule has 2 N–H and O–H groups in total. The minimum atomic E-state index is -3.80. The Hall–Kier alpha value is -3.30. The van der Waals surface area contributed by atoms with Crippen molar-refractivity contribution < 1.29 is 27.9 Å². The highest BCUT2D eigenvalue weighted by molar-refractivity contribution is 7.89. The Bertz CT molecular complexity index is 1250. The monoisotopic (exact) mass is 520 g/mol. The van der Waals surface area contributed by atoms with E-state index in [1.54, 1.807) is 31.8 Å². The number of aromatic nitrogens is 3. The minimum Gasteiger partial charge on any atom is -0.395 e. The Balaban J connectivity index is 1.85. The van der Waals surface area contributed by atoms with Crippen LogP contribution in [0.15, 0.2) is 59.0 Å². The zero-order chi connectivity index (χ0) is 25.3. The van der Waals surface area contributed by atoms with Gasteiger partial charge in [0.2, 0.25) is 10.0 Å². The van der Waals surface area contributed by atoms with Gasteiger partial charge < -0.3 is 14.7 Å². The van der Waals surface area contributed by atoms with Crippen LogP contribution in [0.25, 0.3) is 0 Å². The molecular weight excluding hydrogens is 496 g/mol. The summed E-state index contributed by atoms with van der Waals surface area (Å²) in [6.45, 7) is -0.0792. The number of oxime groups is 1. The van der Waals surface area contributed by atoms with Crippen LogP contribution in [-0.2, 0) is 37.6 Å². The topological polar surface area (TPSA) is 156 Å². The van der Waals surface area contributed by atoms with Crippen molar-refractivity contribution in [3.63, 3.8) is 0 Å². The van der Waals surface area contributed by atoms with Gasteiger partial charge in [-0.05, 0) is 18.2 Å². The summed E-state index contributed by atoms with van der Waals surface area (Å²) in [5.41, 5.74) is 0.214. The van der Waals surface area contributed by atoms with Crippen molar-refractivity contribution >= 4 is 38.1 Å². The summed E-state index contributed by atoms with van der Waals surface area (Å²) in [7, 11) is -0.879. The summed E-state index contributed by atoms with van der Waals surface area (Å²) in [4.78, 5) is 31.4. The number of benzene rings is 1. The molecule has 35 heavy (non-hydrogen) atoms. The number of amides is 1. The number of carbonyl (C=O) groups is 1. The number of aliphatic hydroxyl groups excluding tert-OH is 1. The fourth-order valence-electron chi connectivity index (χ4n) is 2.74.